The Morgan fingerprint density at radius 2 is 1.82 bits per heavy atom. The highest BCUT2D eigenvalue weighted by atomic mass is 16.5. The van der Waals surface area contributed by atoms with Gasteiger partial charge in [0.1, 0.15) is 17.6 Å². The van der Waals surface area contributed by atoms with Crippen molar-refractivity contribution in [3.63, 3.8) is 0 Å². The monoisotopic (exact) mass is 550 g/mol. The molecule has 0 unspecified atom stereocenters. The molecular formula is C32H42N2O6. The highest BCUT2D eigenvalue weighted by Gasteiger charge is 2.46. The average molecular weight is 551 g/mol. The number of hydrogen-bond acceptors (Lipinski definition) is 7. The van der Waals surface area contributed by atoms with E-state index in [0.717, 1.165) is 43.7 Å². The van der Waals surface area contributed by atoms with Crippen molar-refractivity contribution in [1.82, 2.24) is 9.80 Å². The molecule has 8 heteroatoms. The Morgan fingerprint density at radius 3 is 2.52 bits per heavy atom. The van der Waals surface area contributed by atoms with Crippen LogP contribution in [0.1, 0.15) is 70.2 Å². The van der Waals surface area contributed by atoms with Gasteiger partial charge in [0, 0.05) is 25.1 Å². The van der Waals surface area contributed by atoms with Crippen LogP contribution in [0.15, 0.2) is 42.0 Å². The number of aliphatic hydroxyl groups excluding tert-OH is 1. The first-order valence-electron chi connectivity index (χ1n) is 14.5. The molecule has 2 aliphatic heterocycles. The van der Waals surface area contributed by atoms with Crippen molar-refractivity contribution in [3.05, 3.63) is 58.7 Å². The van der Waals surface area contributed by atoms with Crippen molar-refractivity contribution >= 4 is 17.4 Å². The van der Waals surface area contributed by atoms with Crippen molar-refractivity contribution in [1.29, 1.82) is 0 Å². The van der Waals surface area contributed by atoms with Crippen LogP contribution in [-0.2, 0) is 16.0 Å². The summed E-state index contributed by atoms with van der Waals surface area (Å²) in [5, 5.41) is 11.6. The summed E-state index contributed by atoms with van der Waals surface area (Å²) in [6.07, 6.45) is 2.70. The van der Waals surface area contributed by atoms with E-state index in [4.69, 9.17) is 14.2 Å². The van der Waals surface area contributed by atoms with Gasteiger partial charge in [-0.1, -0.05) is 33.3 Å². The molecule has 2 atom stereocenters. The van der Waals surface area contributed by atoms with E-state index in [1.165, 1.54) is 0 Å². The Labute approximate surface area is 237 Å². The molecule has 2 aromatic carbocycles. The number of hydrogen-bond donors (Lipinski definition) is 1. The van der Waals surface area contributed by atoms with Gasteiger partial charge in [-0.3, -0.25) is 9.59 Å². The number of likely N-dealkylation sites (tertiary alicyclic amines) is 1. The molecule has 0 saturated carbocycles. The number of amides is 1. The van der Waals surface area contributed by atoms with Crippen LogP contribution < -0.4 is 14.2 Å². The minimum atomic E-state index is -0.761. The highest BCUT2D eigenvalue weighted by molar-refractivity contribution is 6.46. The van der Waals surface area contributed by atoms with E-state index in [-0.39, 0.29) is 17.4 Å². The summed E-state index contributed by atoms with van der Waals surface area (Å²) in [6.45, 7) is 13.8. The third-order valence-corrected chi connectivity index (χ3v) is 7.60. The molecule has 1 saturated heterocycles. The maximum absolute atomic E-state index is 13.5. The van der Waals surface area contributed by atoms with Gasteiger partial charge in [0.05, 0.1) is 24.8 Å². The lowest BCUT2D eigenvalue weighted by molar-refractivity contribution is -0.140. The maximum atomic E-state index is 13.5. The molecule has 4 rings (SSSR count). The van der Waals surface area contributed by atoms with E-state index in [9.17, 15) is 14.7 Å². The number of benzene rings is 2. The number of ketones is 1. The minimum absolute atomic E-state index is 0.0492. The topological polar surface area (TPSA) is 88.5 Å². The number of Topliss-reactive ketones (excluding diaryl/α,β-unsaturated/α-hetero) is 1. The third kappa shape index (κ3) is 6.12. The van der Waals surface area contributed by atoms with E-state index < -0.39 is 17.7 Å². The van der Waals surface area contributed by atoms with Crippen LogP contribution in [-0.4, -0.2) is 72.1 Å². The summed E-state index contributed by atoms with van der Waals surface area (Å²) in [4.78, 5) is 30.8. The first-order chi connectivity index (χ1) is 19.3. The summed E-state index contributed by atoms with van der Waals surface area (Å²) in [5.41, 5.74) is 2.23. The first kappa shape index (κ1) is 29.5. The van der Waals surface area contributed by atoms with E-state index in [1.54, 1.807) is 11.0 Å². The van der Waals surface area contributed by atoms with Gasteiger partial charge in [-0.05, 0) is 74.8 Å². The fourth-order valence-electron chi connectivity index (χ4n) is 5.38. The second-order valence-corrected chi connectivity index (χ2v) is 10.3. The van der Waals surface area contributed by atoms with Crippen LogP contribution in [0.25, 0.3) is 5.76 Å². The number of ether oxygens (including phenoxy) is 3. The van der Waals surface area contributed by atoms with Crippen molar-refractivity contribution < 1.29 is 28.9 Å². The van der Waals surface area contributed by atoms with Crippen LogP contribution in [0.4, 0.5) is 0 Å². The molecule has 2 heterocycles. The largest absolute Gasteiger partial charge is 0.507 e. The van der Waals surface area contributed by atoms with Crippen LogP contribution in [0.3, 0.4) is 0 Å². The van der Waals surface area contributed by atoms with E-state index in [1.807, 2.05) is 44.2 Å². The fourth-order valence-corrected chi connectivity index (χ4v) is 5.38. The number of fused-ring (bicyclic) bond motifs is 1. The Hall–Kier alpha value is -3.52. The molecule has 40 heavy (non-hydrogen) atoms. The normalized spacial score (nSPS) is 19.7. The van der Waals surface area contributed by atoms with E-state index in [0.29, 0.717) is 48.9 Å². The molecule has 1 amide bonds. The number of likely N-dealkylation sites (N-methyl/N-ethyl adjacent to an activating group) is 1. The lowest BCUT2D eigenvalue weighted by atomic mass is 9.94. The molecule has 0 spiro atoms. The van der Waals surface area contributed by atoms with Crippen LogP contribution >= 0.6 is 0 Å². The zero-order chi connectivity index (χ0) is 28.8. The summed E-state index contributed by atoms with van der Waals surface area (Å²) < 4.78 is 17.7. The number of unbranched alkanes of at least 4 members (excludes halogenated alkanes) is 1. The predicted molar refractivity (Wildman–Crippen MR) is 155 cm³/mol. The molecule has 2 aliphatic rings. The molecule has 8 nitrogen and oxygen atoms in total. The zero-order valence-electron chi connectivity index (χ0n) is 24.4. The lowest BCUT2D eigenvalue weighted by Gasteiger charge is -2.28. The predicted octanol–water partition coefficient (Wildman–Crippen LogP) is 5.35. The molecule has 0 aromatic heterocycles. The summed E-state index contributed by atoms with van der Waals surface area (Å²) in [6, 6.07) is 10.2. The van der Waals surface area contributed by atoms with Gasteiger partial charge in [0.2, 0.25) is 0 Å². The third-order valence-electron chi connectivity index (χ3n) is 7.60. The molecule has 1 N–H and O–H groups in total. The quantitative estimate of drug-likeness (QED) is 0.156. The molecule has 0 aliphatic carbocycles. The average Bonchev–Trinajstić information content (AvgIpc) is 3.45. The zero-order valence-corrected chi connectivity index (χ0v) is 24.4. The molecule has 0 radical (unpaired) electrons. The first-order valence-corrected chi connectivity index (χ1v) is 14.5. The van der Waals surface area contributed by atoms with Crippen LogP contribution in [0, 0.1) is 0 Å². The molecule has 2 aromatic rings. The number of aliphatic hydroxyl groups is 1. The van der Waals surface area contributed by atoms with Crippen molar-refractivity contribution in [3.8, 4) is 17.2 Å². The summed E-state index contributed by atoms with van der Waals surface area (Å²) in [7, 11) is 0. The Balaban J connectivity index is 1.79. The van der Waals surface area contributed by atoms with Crippen LogP contribution in [0.2, 0.25) is 0 Å². The second kappa shape index (κ2) is 13.2. The SMILES string of the molecule is CCCCOc1ccc([C@H]2/C(=C(\O)c3ccc4c(c3)C[C@@H](C)O4)C(=O)C(=O)N2CCN(CC)CC)cc1OCC. The van der Waals surface area contributed by atoms with Gasteiger partial charge in [-0.2, -0.15) is 0 Å². The molecule has 1 fully saturated rings. The Bertz CT molecular complexity index is 1250. The van der Waals surface area contributed by atoms with E-state index in [2.05, 4.69) is 25.7 Å². The maximum Gasteiger partial charge on any atom is 0.295 e. The Morgan fingerprint density at radius 1 is 1.05 bits per heavy atom. The number of carbonyl (C=O) groups excluding carboxylic acids is 2. The standard InChI is InChI=1S/C32H42N2O6/c1-6-10-17-39-26-14-11-22(20-27(26)38-9-4)29-28(31(36)32(37)34(29)16-15-33(7-2)8-3)30(35)23-12-13-25-24(19-23)18-21(5)40-25/h11-14,19-21,29,35H,6-10,15-18H2,1-5H3/b30-28+/t21-,29+/m1/s1. The van der Waals surface area contributed by atoms with Gasteiger partial charge >= 0.3 is 0 Å². The van der Waals surface area contributed by atoms with Gasteiger partial charge in [-0.15, -0.1) is 0 Å². The smallest absolute Gasteiger partial charge is 0.295 e. The van der Waals surface area contributed by atoms with Crippen LogP contribution in [0.5, 0.6) is 17.2 Å². The molecular weight excluding hydrogens is 508 g/mol. The fraction of sp³-hybridized carbons (Fsp3) is 0.500. The Kier molecular flexibility index (Phi) is 9.74. The van der Waals surface area contributed by atoms with Crippen molar-refractivity contribution in [2.45, 2.75) is 66.0 Å². The van der Waals surface area contributed by atoms with Crippen molar-refractivity contribution in [2.24, 2.45) is 0 Å². The summed E-state index contributed by atoms with van der Waals surface area (Å²) in [5.74, 6) is 0.463. The summed E-state index contributed by atoms with van der Waals surface area (Å²) >= 11 is 0. The number of carbonyl (C=O) groups is 2. The van der Waals surface area contributed by atoms with Gasteiger partial charge in [-0.25, -0.2) is 0 Å². The van der Waals surface area contributed by atoms with Gasteiger partial charge in [0.25, 0.3) is 11.7 Å². The van der Waals surface area contributed by atoms with Gasteiger partial charge < -0.3 is 29.1 Å². The van der Waals surface area contributed by atoms with Crippen molar-refractivity contribution in [2.75, 3.05) is 39.4 Å². The number of nitrogens with zero attached hydrogens (tertiary/aromatic N) is 2. The number of rotatable bonds is 13. The minimum Gasteiger partial charge on any atom is -0.507 e. The molecule has 216 valence electrons. The van der Waals surface area contributed by atoms with Gasteiger partial charge in [0.15, 0.2) is 11.5 Å². The lowest BCUT2D eigenvalue weighted by Crippen LogP contribution is -2.38. The second-order valence-electron chi connectivity index (χ2n) is 10.3. The molecule has 0 bridgehead atoms. The highest BCUT2D eigenvalue weighted by Crippen LogP contribution is 2.42. The van der Waals surface area contributed by atoms with E-state index >= 15 is 0 Å².